The SMILES string of the molecule is CCCCCCCCCc1ccc(C(CCC(O)CS)C(=O)OC)cc1. The van der Waals surface area contributed by atoms with Crippen molar-refractivity contribution >= 4 is 18.6 Å². The van der Waals surface area contributed by atoms with Gasteiger partial charge in [0.25, 0.3) is 0 Å². The molecule has 148 valence electrons. The molecule has 2 unspecified atom stereocenters. The standard InChI is InChI=1S/C22H36O3S/c1-3-4-5-6-7-8-9-10-18-11-13-19(14-12-18)21(22(24)25-2)16-15-20(23)17-26/h11-14,20-21,23,26H,3-10,15-17H2,1-2H3. The van der Waals surface area contributed by atoms with Gasteiger partial charge >= 0.3 is 5.97 Å². The molecule has 1 N–H and O–H groups in total. The molecule has 0 amide bonds. The summed E-state index contributed by atoms with van der Waals surface area (Å²) in [7, 11) is 1.42. The van der Waals surface area contributed by atoms with Crippen molar-refractivity contribution in [2.75, 3.05) is 12.9 Å². The number of esters is 1. The van der Waals surface area contributed by atoms with Crippen LogP contribution in [-0.4, -0.2) is 30.0 Å². The lowest BCUT2D eigenvalue weighted by Crippen LogP contribution is -2.18. The third-order valence-electron chi connectivity index (χ3n) is 4.94. The minimum atomic E-state index is -0.484. The van der Waals surface area contributed by atoms with Crippen molar-refractivity contribution in [2.45, 2.75) is 83.2 Å². The number of aliphatic hydroxyl groups is 1. The van der Waals surface area contributed by atoms with Crippen LogP contribution in [0.5, 0.6) is 0 Å². The van der Waals surface area contributed by atoms with Crippen molar-refractivity contribution in [3.63, 3.8) is 0 Å². The number of carbonyl (C=O) groups is 1. The van der Waals surface area contributed by atoms with Gasteiger partial charge in [-0.2, -0.15) is 12.6 Å². The number of methoxy groups -OCH3 is 1. The minimum absolute atomic E-state index is 0.240. The van der Waals surface area contributed by atoms with Crippen molar-refractivity contribution < 1.29 is 14.6 Å². The molecule has 0 bridgehead atoms. The summed E-state index contributed by atoms with van der Waals surface area (Å²) in [4.78, 5) is 12.1. The molecule has 0 saturated carbocycles. The van der Waals surface area contributed by atoms with E-state index >= 15 is 0 Å². The van der Waals surface area contributed by atoms with Crippen LogP contribution in [0.15, 0.2) is 24.3 Å². The van der Waals surface area contributed by atoms with Crippen LogP contribution < -0.4 is 0 Å². The predicted molar refractivity (Wildman–Crippen MR) is 112 cm³/mol. The lowest BCUT2D eigenvalue weighted by molar-refractivity contribution is -0.142. The Morgan fingerprint density at radius 2 is 1.65 bits per heavy atom. The van der Waals surface area contributed by atoms with Crippen LogP contribution in [0.4, 0.5) is 0 Å². The number of aryl methyl sites for hydroxylation is 1. The van der Waals surface area contributed by atoms with Crippen LogP contribution >= 0.6 is 12.6 Å². The third kappa shape index (κ3) is 9.09. The molecule has 0 radical (unpaired) electrons. The highest BCUT2D eigenvalue weighted by Gasteiger charge is 2.22. The Morgan fingerprint density at radius 3 is 2.23 bits per heavy atom. The molecule has 0 aromatic heterocycles. The summed E-state index contributed by atoms with van der Waals surface area (Å²) in [5.74, 6) is -0.149. The summed E-state index contributed by atoms with van der Waals surface area (Å²) in [6.45, 7) is 2.25. The van der Waals surface area contributed by atoms with Crippen LogP contribution in [0.25, 0.3) is 0 Å². The zero-order valence-corrected chi connectivity index (χ0v) is 17.3. The highest BCUT2D eigenvalue weighted by molar-refractivity contribution is 7.80. The maximum absolute atomic E-state index is 12.1. The Hall–Kier alpha value is -1.00. The van der Waals surface area contributed by atoms with E-state index in [4.69, 9.17) is 4.74 Å². The van der Waals surface area contributed by atoms with Gasteiger partial charge in [0.05, 0.1) is 19.1 Å². The van der Waals surface area contributed by atoms with Crippen LogP contribution in [0.1, 0.15) is 81.8 Å². The smallest absolute Gasteiger partial charge is 0.313 e. The summed E-state index contributed by atoms with van der Waals surface area (Å²) < 4.78 is 4.94. The first-order chi connectivity index (χ1) is 12.6. The van der Waals surface area contributed by atoms with Crippen molar-refractivity contribution in [1.29, 1.82) is 0 Å². The number of carbonyl (C=O) groups excluding carboxylic acids is 1. The molecule has 0 spiro atoms. The van der Waals surface area contributed by atoms with Crippen molar-refractivity contribution in [3.05, 3.63) is 35.4 Å². The first-order valence-corrected chi connectivity index (χ1v) is 10.7. The fourth-order valence-electron chi connectivity index (χ4n) is 3.22. The first kappa shape index (κ1) is 23.0. The molecule has 0 aliphatic heterocycles. The molecule has 0 saturated heterocycles. The lowest BCUT2D eigenvalue weighted by Gasteiger charge is -2.17. The molecule has 26 heavy (non-hydrogen) atoms. The summed E-state index contributed by atoms with van der Waals surface area (Å²) >= 11 is 4.09. The van der Waals surface area contributed by atoms with E-state index < -0.39 is 6.10 Å². The molecule has 3 nitrogen and oxygen atoms in total. The highest BCUT2D eigenvalue weighted by atomic mass is 32.1. The first-order valence-electron chi connectivity index (χ1n) is 10.1. The van der Waals surface area contributed by atoms with Gasteiger partial charge in [0.15, 0.2) is 0 Å². The van der Waals surface area contributed by atoms with Crippen molar-refractivity contribution in [3.8, 4) is 0 Å². The van der Waals surface area contributed by atoms with Crippen molar-refractivity contribution in [2.24, 2.45) is 0 Å². The number of aliphatic hydroxyl groups excluding tert-OH is 1. The van der Waals surface area contributed by atoms with Crippen LogP contribution in [-0.2, 0) is 16.0 Å². The van der Waals surface area contributed by atoms with Gasteiger partial charge in [0.2, 0.25) is 0 Å². The van der Waals surface area contributed by atoms with Gasteiger partial charge in [-0.3, -0.25) is 4.79 Å². The number of benzene rings is 1. The number of ether oxygens (including phenoxy) is 1. The van der Waals surface area contributed by atoms with Crippen LogP contribution in [0, 0.1) is 0 Å². The predicted octanol–water partition coefficient (Wildman–Crippen LogP) is 5.31. The number of hydrogen-bond acceptors (Lipinski definition) is 4. The fraction of sp³-hybridized carbons (Fsp3) is 0.682. The Balaban J connectivity index is 2.47. The van der Waals surface area contributed by atoms with E-state index in [-0.39, 0.29) is 11.9 Å². The number of thiol groups is 1. The Kier molecular flexibility index (Phi) is 12.5. The van der Waals surface area contributed by atoms with E-state index in [0.717, 1.165) is 12.0 Å². The molecule has 1 rings (SSSR count). The summed E-state index contributed by atoms with van der Waals surface area (Å²) in [5, 5.41) is 9.71. The average molecular weight is 381 g/mol. The van der Waals surface area contributed by atoms with Gasteiger partial charge in [0, 0.05) is 5.75 Å². The quantitative estimate of drug-likeness (QED) is 0.261. The van der Waals surface area contributed by atoms with E-state index in [1.165, 1.54) is 57.6 Å². The molecule has 1 aromatic carbocycles. The zero-order valence-electron chi connectivity index (χ0n) is 16.5. The van der Waals surface area contributed by atoms with E-state index in [0.29, 0.717) is 18.6 Å². The summed E-state index contributed by atoms with van der Waals surface area (Å²) in [6.07, 6.45) is 10.9. The second-order valence-electron chi connectivity index (χ2n) is 7.10. The second-order valence-corrected chi connectivity index (χ2v) is 7.47. The average Bonchev–Trinajstić information content (AvgIpc) is 2.67. The molecular formula is C22H36O3S. The van der Waals surface area contributed by atoms with Gasteiger partial charge < -0.3 is 9.84 Å². The Morgan fingerprint density at radius 1 is 1.04 bits per heavy atom. The number of rotatable bonds is 14. The molecule has 0 aliphatic carbocycles. The molecule has 2 atom stereocenters. The topological polar surface area (TPSA) is 46.5 Å². The van der Waals surface area contributed by atoms with E-state index in [1.807, 2.05) is 12.1 Å². The summed E-state index contributed by atoms with van der Waals surface area (Å²) in [6, 6.07) is 8.31. The minimum Gasteiger partial charge on any atom is -0.469 e. The normalized spacial score (nSPS) is 13.4. The third-order valence-corrected chi connectivity index (χ3v) is 5.36. The van der Waals surface area contributed by atoms with Gasteiger partial charge in [-0.05, 0) is 36.8 Å². The molecule has 0 aliphatic rings. The zero-order chi connectivity index (χ0) is 19.2. The Bertz CT molecular complexity index is 487. The molecular weight excluding hydrogens is 344 g/mol. The van der Waals surface area contributed by atoms with Crippen LogP contribution in [0.2, 0.25) is 0 Å². The Labute approximate surface area is 164 Å². The molecule has 1 aromatic rings. The van der Waals surface area contributed by atoms with Gasteiger partial charge in [-0.25, -0.2) is 0 Å². The van der Waals surface area contributed by atoms with E-state index in [1.54, 1.807) is 0 Å². The number of hydrogen-bond donors (Lipinski definition) is 2. The van der Waals surface area contributed by atoms with Gasteiger partial charge in [-0.15, -0.1) is 0 Å². The van der Waals surface area contributed by atoms with E-state index in [9.17, 15) is 9.90 Å². The lowest BCUT2D eigenvalue weighted by atomic mass is 9.92. The van der Waals surface area contributed by atoms with Gasteiger partial charge in [0.1, 0.15) is 0 Å². The maximum Gasteiger partial charge on any atom is 0.313 e. The van der Waals surface area contributed by atoms with E-state index in [2.05, 4.69) is 31.7 Å². The van der Waals surface area contributed by atoms with Crippen molar-refractivity contribution in [1.82, 2.24) is 0 Å². The summed E-state index contributed by atoms with van der Waals surface area (Å²) in [5.41, 5.74) is 2.29. The largest absolute Gasteiger partial charge is 0.469 e. The number of unbranched alkanes of at least 4 members (excludes halogenated alkanes) is 6. The second kappa shape index (κ2) is 14.1. The molecule has 4 heteroatoms. The molecule has 0 fully saturated rings. The van der Waals surface area contributed by atoms with Crippen LogP contribution in [0.3, 0.4) is 0 Å². The van der Waals surface area contributed by atoms with Gasteiger partial charge in [-0.1, -0.05) is 69.7 Å². The maximum atomic E-state index is 12.1. The monoisotopic (exact) mass is 380 g/mol. The molecule has 0 heterocycles. The highest BCUT2D eigenvalue weighted by Crippen LogP contribution is 2.25. The fourth-order valence-corrected chi connectivity index (χ4v) is 3.40.